The van der Waals surface area contributed by atoms with Gasteiger partial charge in [0.2, 0.25) is 0 Å². The quantitative estimate of drug-likeness (QED) is 0.871. The molecule has 0 radical (unpaired) electrons. The lowest BCUT2D eigenvalue weighted by atomic mass is 10.2. The monoisotopic (exact) mass is 271 g/mol. The van der Waals surface area contributed by atoms with Gasteiger partial charge < -0.3 is 10.1 Å². The van der Waals surface area contributed by atoms with Crippen LogP contribution in [0.4, 0.5) is 11.4 Å². The number of anilines is 2. The summed E-state index contributed by atoms with van der Waals surface area (Å²) >= 11 is 11.8. The van der Waals surface area contributed by atoms with Gasteiger partial charge in [-0.25, -0.2) is 0 Å². The maximum Gasteiger partial charge on any atom is 0.272 e. The van der Waals surface area contributed by atoms with E-state index in [1.807, 2.05) is 0 Å². The van der Waals surface area contributed by atoms with Crippen molar-refractivity contribution in [3.63, 3.8) is 0 Å². The van der Waals surface area contributed by atoms with Crippen LogP contribution in [0.3, 0.4) is 0 Å². The molecule has 0 heterocycles. The lowest BCUT2D eigenvalue weighted by molar-refractivity contribution is 0.408. The second kappa shape index (κ2) is 4.39. The third-order valence-electron chi connectivity index (χ3n) is 2.28. The summed E-state index contributed by atoms with van der Waals surface area (Å²) in [6.45, 7) is 0. The number of ether oxygens (including phenoxy) is 1. The van der Waals surface area contributed by atoms with E-state index in [0.717, 1.165) is 0 Å². The number of halogens is 2. The molecule has 1 N–H and O–H groups in total. The fraction of sp³-hybridized carbons (Fsp3) is 0.0909. The summed E-state index contributed by atoms with van der Waals surface area (Å²) in [4.78, 5) is 22.4. The van der Waals surface area contributed by atoms with Gasteiger partial charge >= 0.3 is 0 Å². The molecule has 0 spiro atoms. The first-order chi connectivity index (χ1) is 8.06. The second-order valence-electron chi connectivity index (χ2n) is 3.29. The summed E-state index contributed by atoms with van der Waals surface area (Å²) in [5.41, 5.74) is -0.843. The molecule has 0 bridgehead atoms. The molecular weight excluding hydrogens is 265 g/mol. The molecule has 0 aromatic heterocycles. The minimum absolute atomic E-state index is 0.00835. The van der Waals surface area contributed by atoms with Gasteiger partial charge in [0.15, 0.2) is 5.75 Å². The topological polar surface area (TPSA) is 55.4 Å². The molecular formula is C11H7Cl2NO3. The van der Waals surface area contributed by atoms with Crippen molar-refractivity contribution in [2.24, 2.45) is 0 Å². The molecule has 0 atom stereocenters. The van der Waals surface area contributed by atoms with E-state index in [1.54, 1.807) is 18.2 Å². The van der Waals surface area contributed by atoms with Crippen molar-refractivity contribution >= 4 is 34.6 Å². The number of nitrogens with one attached hydrogen (secondary N) is 1. The Hall–Kier alpha value is -1.52. The molecule has 0 saturated heterocycles. The van der Waals surface area contributed by atoms with Crippen molar-refractivity contribution in [2.45, 2.75) is 0 Å². The van der Waals surface area contributed by atoms with Crippen molar-refractivity contribution in [3.05, 3.63) is 48.7 Å². The molecule has 2 rings (SSSR count). The standard InChI is InChI=1S/C11H7Cl2NO3/c1-17-11-8(9(15)10(11)16)14-7-5(12)3-2-4-6(7)13/h2-4,14H,1H3. The first-order valence-corrected chi connectivity index (χ1v) is 5.40. The zero-order valence-corrected chi connectivity index (χ0v) is 10.2. The van der Waals surface area contributed by atoms with E-state index in [4.69, 9.17) is 27.9 Å². The Morgan fingerprint density at radius 1 is 1.06 bits per heavy atom. The summed E-state index contributed by atoms with van der Waals surface area (Å²) in [6, 6.07) is 4.91. The number of para-hydroxylation sites is 1. The van der Waals surface area contributed by atoms with Crippen molar-refractivity contribution in [2.75, 3.05) is 12.4 Å². The molecule has 0 aliphatic carbocycles. The Morgan fingerprint density at radius 2 is 1.65 bits per heavy atom. The molecule has 6 heteroatoms. The van der Waals surface area contributed by atoms with Gasteiger partial charge in [0.1, 0.15) is 5.69 Å². The summed E-state index contributed by atoms with van der Waals surface area (Å²) in [7, 11) is 1.32. The normalized spacial score (nSPS) is 10.5. The predicted octanol–water partition coefficient (Wildman–Crippen LogP) is 2.34. The van der Waals surface area contributed by atoms with Crippen molar-refractivity contribution < 1.29 is 4.74 Å². The summed E-state index contributed by atoms with van der Waals surface area (Å²) in [5, 5.41) is 3.43. The van der Waals surface area contributed by atoms with Gasteiger partial charge in [0.05, 0.1) is 22.8 Å². The molecule has 88 valence electrons. The van der Waals surface area contributed by atoms with E-state index in [-0.39, 0.29) is 11.4 Å². The highest BCUT2D eigenvalue weighted by molar-refractivity contribution is 6.39. The molecule has 2 aromatic rings. The number of methoxy groups -OCH3 is 1. The highest BCUT2D eigenvalue weighted by Gasteiger charge is 2.23. The Bertz CT molecular complexity index is 624. The van der Waals surface area contributed by atoms with Crippen LogP contribution in [0.25, 0.3) is 0 Å². The van der Waals surface area contributed by atoms with Gasteiger partial charge in [0, 0.05) is 0 Å². The number of hydrogen-bond acceptors (Lipinski definition) is 4. The predicted molar refractivity (Wildman–Crippen MR) is 67.7 cm³/mol. The molecule has 0 fully saturated rings. The van der Waals surface area contributed by atoms with Crippen LogP contribution in [0.15, 0.2) is 27.8 Å². The largest absolute Gasteiger partial charge is 0.491 e. The first kappa shape index (κ1) is 12.0. The number of hydrogen-bond donors (Lipinski definition) is 1. The maximum atomic E-state index is 11.3. The van der Waals surface area contributed by atoms with E-state index in [0.29, 0.717) is 15.7 Å². The van der Waals surface area contributed by atoms with E-state index in [1.165, 1.54) is 7.11 Å². The summed E-state index contributed by atoms with van der Waals surface area (Å²) in [6.07, 6.45) is 0. The summed E-state index contributed by atoms with van der Waals surface area (Å²) < 4.78 is 4.79. The molecule has 17 heavy (non-hydrogen) atoms. The van der Waals surface area contributed by atoms with Crippen molar-refractivity contribution in [1.29, 1.82) is 0 Å². The van der Waals surface area contributed by atoms with Crippen LogP contribution in [0.2, 0.25) is 10.0 Å². The lowest BCUT2D eigenvalue weighted by Crippen LogP contribution is -2.34. The minimum atomic E-state index is -0.654. The molecule has 0 unspecified atom stereocenters. The van der Waals surface area contributed by atoms with Crippen molar-refractivity contribution in [3.8, 4) is 5.75 Å². The van der Waals surface area contributed by atoms with Gasteiger partial charge in [-0.15, -0.1) is 0 Å². The SMILES string of the molecule is COc1c(Nc2c(Cl)cccc2Cl)c(=O)c1=O. The maximum absolute atomic E-state index is 11.3. The highest BCUT2D eigenvalue weighted by Crippen LogP contribution is 2.33. The zero-order valence-electron chi connectivity index (χ0n) is 8.71. The van der Waals surface area contributed by atoms with E-state index >= 15 is 0 Å². The van der Waals surface area contributed by atoms with E-state index < -0.39 is 10.9 Å². The lowest BCUT2D eigenvalue weighted by Gasteiger charge is -2.13. The fourth-order valence-corrected chi connectivity index (χ4v) is 1.91. The van der Waals surface area contributed by atoms with Gasteiger partial charge in [-0.05, 0) is 12.1 Å². The van der Waals surface area contributed by atoms with Gasteiger partial charge in [-0.2, -0.15) is 0 Å². The summed E-state index contributed by atoms with van der Waals surface area (Å²) in [5.74, 6) is -0.00835. The molecule has 0 saturated carbocycles. The third-order valence-corrected chi connectivity index (χ3v) is 2.91. The third kappa shape index (κ3) is 1.90. The van der Waals surface area contributed by atoms with Crippen LogP contribution in [-0.4, -0.2) is 7.11 Å². The smallest absolute Gasteiger partial charge is 0.272 e. The average Bonchev–Trinajstić information content (AvgIpc) is 2.31. The molecule has 0 aliphatic rings. The van der Waals surface area contributed by atoms with Crippen LogP contribution in [0.5, 0.6) is 5.75 Å². The molecule has 2 aromatic carbocycles. The van der Waals surface area contributed by atoms with Crippen LogP contribution >= 0.6 is 23.2 Å². The van der Waals surface area contributed by atoms with Gasteiger partial charge in [-0.3, -0.25) is 9.59 Å². The van der Waals surface area contributed by atoms with Gasteiger partial charge in [0.25, 0.3) is 10.9 Å². The molecule has 4 nitrogen and oxygen atoms in total. The number of rotatable bonds is 3. The Kier molecular flexibility index (Phi) is 3.09. The Morgan fingerprint density at radius 3 is 2.18 bits per heavy atom. The Labute approximate surface area is 106 Å². The second-order valence-corrected chi connectivity index (χ2v) is 4.10. The van der Waals surface area contributed by atoms with Crippen LogP contribution in [0.1, 0.15) is 0 Å². The van der Waals surface area contributed by atoms with Crippen LogP contribution < -0.4 is 20.9 Å². The number of benzene rings is 1. The van der Waals surface area contributed by atoms with Gasteiger partial charge in [-0.1, -0.05) is 29.3 Å². The minimum Gasteiger partial charge on any atom is -0.491 e. The highest BCUT2D eigenvalue weighted by atomic mass is 35.5. The molecule has 0 amide bonds. The van der Waals surface area contributed by atoms with Crippen LogP contribution in [-0.2, 0) is 0 Å². The first-order valence-electron chi connectivity index (χ1n) is 4.64. The van der Waals surface area contributed by atoms with E-state index in [9.17, 15) is 9.59 Å². The fourth-order valence-electron chi connectivity index (χ4n) is 1.42. The molecule has 0 aliphatic heterocycles. The average molecular weight is 272 g/mol. The zero-order chi connectivity index (χ0) is 12.6. The van der Waals surface area contributed by atoms with E-state index in [2.05, 4.69) is 5.32 Å². The van der Waals surface area contributed by atoms with Crippen LogP contribution in [0, 0.1) is 0 Å². The Balaban J connectivity index is 2.43. The van der Waals surface area contributed by atoms with Crippen molar-refractivity contribution in [1.82, 2.24) is 0 Å².